The predicted molar refractivity (Wildman–Crippen MR) is 94.0 cm³/mol. The van der Waals surface area contributed by atoms with Crippen molar-refractivity contribution in [2.24, 2.45) is 5.92 Å². The first-order valence-electron chi connectivity index (χ1n) is 7.38. The fourth-order valence-electron chi connectivity index (χ4n) is 2.97. The Bertz CT molecular complexity index is 423. The van der Waals surface area contributed by atoms with E-state index >= 15 is 0 Å². The van der Waals surface area contributed by atoms with Crippen molar-refractivity contribution in [3.05, 3.63) is 29.3 Å². The van der Waals surface area contributed by atoms with Gasteiger partial charge in [-0.25, -0.2) is 0 Å². The molecule has 0 amide bonds. The average Bonchev–Trinajstić information content (AvgIpc) is 2.44. The number of para-hydroxylation sites is 1. The van der Waals surface area contributed by atoms with Gasteiger partial charge < -0.3 is 10.4 Å². The van der Waals surface area contributed by atoms with Crippen LogP contribution < -0.4 is 5.32 Å². The van der Waals surface area contributed by atoms with Crippen LogP contribution in [0.2, 0.25) is 0 Å². The van der Waals surface area contributed by atoms with Gasteiger partial charge in [-0.3, -0.25) is 4.90 Å². The zero-order valence-corrected chi connectivity index (χ0v) is 14.8. The Hall–Kier alpha value is -0.480. The molecule has 3 nitrogen and oxygen atoms in total. The van der Waals surface area contributed by atoms with Gasteiger partial charge in [-0.1, -0.05) is 38.5 Å². The summed E-state index contributed by atoms with van der Waals surface area (Å²) in [6.45, 7) is 10.7. The smallest absolute Gasteiger partial charge is 0.123 e. The predicted octanol–water partition coefficient (Wildman–Crippen LogP) is 3.54. The molecule has 1 fully saturated rings. The molecule has 1 aromatic rings. The van der Waals surface area contributed by atoms with E-state index in [1.807, 2.05) is 13.0 Å². The Morgan fingerprint density at radius 2 is 1.86 bits per heavy atom. The number of hydrogen-bond acceptors (Lipinski definition) is 3. The molecule has 2 atom stereocenters. The van der Waals surface area contributed by atoms with Gasteiger partial charge in [-0.2, -0.15) is 0 Å². The minimum atomic E-state index is 0. The molecule has 1 unspecified atom stereocenters. The van der Waals surface area contributed by atoms with Crippen molar-refractivity contribution in [1.29, 1.82) is 0 Å². The number of nitrogens with zero attached hydrogens (tertiary/aromatic N) is 1. The molecule has 2 rings (SSSR count). The van der Waals surface area contributed by atoms with Crippen LogP contribution in [0.4, 0.5) is 0 Å². The van der Waals surface area contributed by atoms with Crippen molar-refractivity contribution >= 4 is 24.8 Å². The number of aromatic hydroxyl groups is 1. The second-order valence-electron chi connectivity index (χ2n) is 5.63. The van der Waals surface area contributed by atoms with Crippen molar-refractivity contribution < 1.29 is 5.11 Å². The lowest BCUT2D eigenvalue weighted by molar-refractivity contribution is 0.126. The molecule has 0 spiro atoms. The largest absolute Gasteiger partial charge is 0.507 e. The molecule has 1 heterocycles. The van der Waals surface area contributed by atoms with E-state index in [0.29, 0.717) is 17.7 Å². The summed E-state index contributed by atoms with van der Waals surface area (Å²) < 4.78 is 0. The van der Waals surface area contributed by atoms with E-state index in [-0.39, 0.29) is 24.8 Å². The second-order valence-corrected chi connectivity index (χ2v) is 5.63. The quantitative estimate of drug-likeness (QED) is 0.883. The number of hydrogen-bond donors (Lipinski definition) is 2. The van der Waals surface area contributed by atoms with Gasteiger partial charge in [0.1, 0.15) is 5.75 Å². The van der Waals surface area contributed by atoms with Crippen LogP contribution in [0.1, 0.15) is 37.4 Å². The summed E-state index contributed by atoms with van der Waals surface area (Å²) in [5.74, 6) is 1.03. The maximum atomic E-state index is 10.4. The highest BCUT2D eigenvalue weighted by atomic mass is 35.5. The third-order valence-corrected chi connectivity index (χ3v) is 4.32. The number of benzene rings is 1. The summed E-state index contributed by atoms with van der Waals surface area (Å²) in [5, 5.41) is 13.8. The molecule has 2 N–H and O–H groups in total. The first kappa shape index (κ1) is 20.5. The molecule has 122 valence electrons. The molecule has 1 aromatic carbocycles. The highest BCUT2D eigenvalue weighted by Crippen LogP contribution is 2.37. The number of phenols is 1. The third-order valence-electron chi connectivity index (χ3n) is 4.32. The van der Waals surface area contributed by atoms with E-state index in [1.54, 1.807) is 0 Å². The Balaban J connectivity index is 0.00000200. The Kier molecular flexibility index (Phi) is 9.30. The molecular formula is C16H28Cl2N2O. The van der Waals surface area contributed by atoms with Crippen LogP contribution in [-0.4, -0.2) is 36.2 Å². The van der Waals surface area contributed by atoms with Crippen LogP contribution in [0, 0.1) is 12.8 Å². The lowest BCUT2D eigenvalue weighted by atomic mass is 9.89. The zero-order valence-electron chi connectivity index (χ0n) is 13.1. The molecule has 1 aliphatic rings. The van der Waals surface area contributed by atoms with Gasteiger partial charge in [0.2, 0.25) is 0 Å². The van der Waals surface area contributed by atoms with E-state index in [0.717, 1.165) is 43.7 Å². The van der Waals surface area contributed by atoms with Gasteiger partial charge >= 0.3 is 0 Å². The topological polar surface area (TPSA) is 35.5 Å². The summed E-state index contributed by atoms with van der Waals surface area (Å²) in [6, 6.07) is 6.44. The summed E-state index contributed by atoms with van der Waals surface area (Å²) in [4.78, 5) is 2.51. The van der Waals surface area contributed by atoms with E-state index in [4.69, 9.17) is 0 Å². The van der Waals surface area contributed by atoms with Gasteiger partial charge in [-0.15, -0.1) is 24.8 Å². The first-order chi connectivity index (χ1) is 9.15. The van der Waals surface area contributed by atoms with Gasteiger partial charge in [0, 0.05) is 37.8 Å². The maximum absolute atomic E-state index is 10.4. The molecule has 1 saturated heterocycles. The molecule has 0 aromatic heterocycles. The molecule has 21 heavy (non-hydrogen) atoms. The van der Waals surface area contributed by atoms with Gasteiger partial charge in [0.05, 0.1) is 0 Å². The lowest BCUT2D eigenvalue weighted by Gasteiger charge is -2.38. The highest BCUT2D eigenvalue weighted by Gasteiger charge is 2.28. The summed E-state index contributed by atoms with van der Waals surface area (Å²) in [7, 11) is 0. The molecular weight excluding hydrogens is 307 g/mol. The van der Waals surface area contributed by atoms with Gasteiger partial charge in [-0.05, 0) is 18.4 Å². The number of rotatable bonds is 4. The standard InChI is InChI=1S/C16H26N2O.2ClH/c1-4-12(2)15(18-10-8-17-9-11-18)14-7-5-6-13(3)16(14)19;;/h5-7,12,15,17,19H,4,8-11H2,1-3H3;2*1H/t12?,15-;;/m1../s1. The van der Waals surface area contributed by atoms with E-state index < -0.39 is 0 Å². The number of nitrogens with one attached hydrogen (secondary N) is 1. The fourth-order valence-corrected chi connectivity index (χ4v) is 2.97. The van der Waals surface area contributed by atoms with E-state index in [2.05, 4.69) is 36.2 Å². The van der Waals surface area contributed by atoms with E-state index in [9.17, 15) is 5.11 Å². The van der Waals surface area contributed by atoms with Crippen LogP contribution in [0.3, 0.4) is 0 Å². The van der Waals surface area contributed by atoms with Crippen LogP contribution in [0.15, 0.2) is 18.2 Å². The molecule has 0 saturated carbocycles. The molecule has 0 aliphatic carbocycles. The summed E-state index contributed by atoms with van der Waals surface area (Å²) in [6.07, 6.45) is 1.13. The molecule has 5 heteroatoms. The van der Waals surface area contributed by atoms with E-state index in [1.165, 1.54) is 0 Å². The highest BCUT2D eigenvalue weighted by molar-refractivity contribution is 5.85. The summed E-state index contributed by atoms with van der Waals surface area (Å²) in [5.41, 5.74) is 2.07. The number of piperazine rings is 1. The van der Waals surface area contributed by atoms with Crippen LogP contribution >= 0.6 is 24.8 Å². The SMILES string of the molecule is CCC(C)[C@H](c1cccc(C)c1O)N1CCNCC1.Cl.Cl. The number of phenolic OH excluding ortho intramolecular Hbond substituents is 1. The van der Waals surface area contributed by atoms with Gasteiger partial charge in [0.15, 0.2) is 0 Å². The van der Waals surface area contributed by atoms with Gasteiger partial charge in [0.25, 0.3) is 0 Å². The fraction of sp³-hybridized carbons (Fsp3) is 0.625. The molecule has 0 bridgehead atoms. The molecule has 0 radical (unpaired) electrons. The van der Waals surface area contributed by atoms with Crippen molar-refractivity contribution in [3.63, 3.8) is 0 Å². The minimum Gasteiger partial charge on any atom is -0.507 e. The zero-order chi connectivity index (χ0) is 13.8. The second kappa shape index (κ2) is 9.52. The van der Waals surface area contributed by atoms with Crippen molar-refractivity contribution in [1.82, 2.24) is 10.2 Å². The van der Waals surface area contributed by atoms with Crippen molar-refractivity contribution in [2.75, 3.05) is 26.2 Å². The Labute approximate surface area is 140 Å². The van der Waals surface area contributed by atoms with Crippen molar-refractivity contribution in [3.8, 4) is 5.75 Å². The first-order valence-corrected chi connectivity index (χ1v) is 7.38. The maximum Gasteiger partial charge on any atom is 0.123 e. The van der Waals surface area contributed by atoms with Crippen LogP contribution in [0.25, 0.3) is 0 Å². The minimum absolute atomic E-state index is 0. The molecule has 1 aliphatic heterocycles. The normalized spacial score (nSPS) is 18.2. The van der Waals surface area contributed by atoms with Crippen LogP contribution in [0.5, 0.6) is 5.75 Å². The van der Waals surface area contributed by atoms with Crippen molar-refractivity contribution in [2.45, 2.75) is 33.2 Å². The third kappa shape index (κ3) is 4.75. The van der Waals surface area contributed by atoms with Crippen LogP contribution in [-0.2, 0) is 0 Å². The lowest BCUT2D eigenvalue weighted by Crippen LogP contribution is -2.46. The summed E-state index contributed by atoms with van der Waals surface area (Å²) >= 11 is 0. The monoisotopic (exact) mass is 334 g/mol. The number of halogens is 2. The average molecular weight is 335 g/mol. The number of aryl methyl sites for hydroxylation is 1. The Morgan fingerprint density at radius 3 is 2.43 bits per heavy atom. The Morgan fingerprint density at radius 1 is 1.24 bits per heavy atom.